The summed E-state index contributed by atoms with van der Waals surface area (Å²) in [6.07, 6.45) is 2.25. The lowest BCUT2D eigenvalue weighted by Gasteiger charge is -2.34. The highest BCUT2D eigenvalue weighted by atomic mass is 19.1. The van der Waals surface area contributed by atoms with Gasteiger partial charge in [0.15, 0.2) is 0 Å². The van der Waals surface area contributed by atoms with Crippen molar-refractivity contribution in [1.82, 2.24) is 4.90 Å². The topological polar surface area (TPSA) is 40.5 Å². The molecule has 4 heteroatoms. The zero-order valence-corrected chi connectivity index (χ0v) is 14.3. The average molecular weight is 341 g/mol. The fraction of sp³-hybridized carbons (Fsp3) is 0.381. The highest BCUT2D eigenvalue weighted by Crippen LogP contribution is 2.30. The maximum absolute atomic E-state index is 12.9. The van der Waals surface area contributed by atoms with Crippen molar-refractivity contribution < 1.29 is 14.3 Å². The van der Waals surface area contributed by atoms with Gasteiger partial charge in [0, 0.05) is 19.5 Å². The molecule has 25 heavy (non-hydrogen) atoms. The Labute approximate surface area is 148 Å². The molecule has 1 saturated heterocycles. The molecule has 1 amide bonds. The van der Waals surface area contributed by atoms with E-state index in [1.807, 2.05) is 35.2 Å². The first-order valence-corrected chi connectivity index (χ1v) is 8.89. The Kier molecular flexibility index (Phi) is 5.82. The van der Waals surface area contributed by atoms with Gasteiger partial charge in [-0.1, -0.05) is 42.5 Å². The van der Waals surface area contributed by atoms with Gasteiger partial charge in [0.1, 0.15) is 5.82 Å². The van der Waals surface area contributed by atoms with Crippen molar-refractivity contribution in [3.63, 3.8) is 0 Å². The minimum absolute atomic E-state index is 0.136. The van der Waals surface area contributed by atoms with Crippen molar-refractivity contribution in [1.29, 1.82) is 0 Å². The van der Waals surface area contributed by atoms with Crippen molar-refractivity contribution in [3.05, 3.63) is 71.5 Å². The second kappa shape index (κ2) is 8.26. The fourth-order valence-electron chi connectivity index (χ4n) is 3.45. The van der Waals surface area contributed by atoms with Crippen LogP contribution in [0.5, 0.6) is 0 Å². The Morgan fingerprint density at radius 3 is 2.36 bits per heavy atom. The number of halogens is 1. The molecule has 1 N–H and O–H groups in total. The summed E-state index contributed by atoms with van der Waals surface area (Å²) in [6, 6.07) is 16.0. The molecule has 0 saturated carbocycles. The van der Waals surface area contributed by atoms with E-state index in [-0.39, 0.29) is 17.6 Å². The van der Waals surface area contributed by atoms with Gasteiger partial charge in [-0.05, 0) is 48.4 Å². The van der Waals surface area contributed by atoms with E-state index in [0.29, 0.717) is 25.9 Å². The van der Waals surface area contributed by atoms with Crippen LogP contribution in [0.4, 0.5) is 4.39 Å². The second-order valence-electron chi connectivity index (χ2n) is 6.70. The van der Waals surface area contributed by atoms with Gasteiger partial charge >= 0.3 is 0 Å². The van der Waals surface area contributed by atoms with Gasteiger partial charge in [-0.3, -0.25) is 4.79 Å². The lowest BCUT2D eigenvalue weighted by Crippen LogP contribution is -2.39. The zero-order chi connectivity index (χ0) is 17.6. The molecule has 2 aromatic carbocycles. The summed E-state index contributed by atoms with van der Waals surface area (Å²) in [4.78, 5) is 14.3. The van der Waals surface area contributed by atoms with Crippen molar-refractivity contribution in [2.45, 2.75) is 31.8 Å². The number of rotatable bonds is 5. The highest BCUT2D eigenvalue weighted by molar-refractivity contribution is 5.76. The summed E-state index contributed by atoms with van der Waals surface area (Å²) in [5.41, 5.74) is 1.92. The van der Waals surface area contributed by atoms with Crippen LogP contribution in [0, 0.1) is 11.7 Å². The molecular weight excluding hydrogens is 317 g/mol. The summed E-state index contributed by atoms with van der Waals surface area (Å²) in [5, 5.41) is 10.5. The van der Waals surface area contributed by atoms with Crippen LogP contribution in [0.2, 0.25) is 0 Å². The number of aliphatic hydroxyl groups excluding tert-OH is 1. The van der Waals surface area contributed by atoms with E-state index in [1.54, 1.807) is 12.1 Å². The van der Waals surface area contributed by atoms with E-state index in [2.05, 4.69) is 0 Å². The molecule has 1 aliphatic rings. The predicted octanol–water partition coefficient (Wildman–Crippen LogP) is 3.73. The molecule has 2 aromatic rings. The predicted molar refractivity (Wildman–Crippen MR) is 95.4 cm³/mol. The van der Waals surface area contributed by atoms with Gasteiger partial charge in [-0.2, -0.15) is 0 Å². The Morgan fingerprint density at radius 1 is 1.08 bits per heavy atom. The number of carbonyl (C=O) groups is 1. The monoisotopic (exact) mass is 341 g/mol. The van der Waals surface area contributed by atoms with Crippen molar-refractivity contribution in [3.8, 4) is 0 Å². The van der Waals surface area contributed by atoms with Gasteiger partial charge < -0.3 is 10.0 Å². The highest BCUT2D eigenvalue weighted by Gasteiger charge is 2.27. The number of carbonyl (C=O) groups excluding carboxylic acids is 1. The SMILES string of the molecule is O=C(CCc1ccc(F)cc1)N1CCC(C(O)c2ccccc2)CC1. The number of hydrogen-bond acceptors (Lipinski definition) is 2. The lowest BCUT2D eigenvalue weighted by atomic mass is 9.87. The van der Waals surface area contributed by atoms with Crippen molar-refractivity contribution >= 4 is 5.91 Å². The number of likely N-dealkylation sites (tertiary alicyclic amines) is 1. The molecule has 1 fully saturated rings. The maximum atomic E-state index is 12.9. The van der Waals surface area contributed by atoms with Crippen LogP contribution in [0.15, 0.2) is 54.6 Å². The Bertz CT molecular complexity index is 679. The minimum Gasteiger partial charge on any atom is -0.388 e. The van der Waals surface area contributed by atoms with E-state index in [4.69, 9.17) is 0 Å². The molecule has 3 rings (SSSR count). The number of amides is 1. The van der Waals surface area contributed by atoms with Crippen molar-refractivity contribution in [2.75, 3.05) is 13.1 Å². The maximum Gasteiger partial charge on any atom is 0.222 e. The van der Waals surface area contributed by atoms with Gasteiger partial charge in [-0.15, -0.1) is 0 Å². The van der Waals surface area contributed by atoms with Crippen molar-refractivity contribution in [2.24, 2.45) is 5.92 Å². The van der Waals surface area contributed by atoms with Crippen LogP contribution >= 0.6 is 0 Å². The standard InChI is InChI=1S/C21H24FNO2/c22-19-9-6-16(7-10-19)8-11-20(24)23-14-12-18(13-15-23)21(25)17-4-2-1-3-5-17/h1-7,9-10,18,21,25H,8,11-15H2. The van der Waals surface area contributed by atoms with E-state index >= 15 is 0 Å². The molecule has 0 bridgehead atoms. The lowest BCUT2D eigenvalue weighted by molar-refractivity contribution is -0.133. The molecule has 1 heterocycles. The molecule has 132 valence electrons. The third-order valence-electron chi connectivity index (χ3n) is 5.02. The number of piperidine rings is 1. The molecule has 1 unspecified atom stereocenters. The van der Waals surface area contributed by atoms with Gasteiger partial charge in [0.25, 0.3) is 0 Å². The molecule has 1 atom stereocenters. The van der Waals surface area contributed by atoms with Crippen LogP contribution in [0.25, 0.3) is 0 Å². The summed E-state index contributed by atoms with van der Waals surface area (Å²) < 4.78 is 12.9. The molecule has 0 aromatic heterocycles. The Morgan fingerprint density at radius 2 is 1.72 bits per heavy atom. The van der Waals surface area contributed by atoms with Gasteiger partial charge in [0.05, 0.1) is 6.10 Å². The average Bonchev–Trinajstić information content (AvgIpc) is 2.67. The van der Waals surface area contributed by atoms with Crippen LogP contribution < -0.4 is 0 Å². The Balaban J connectivity index is 1.46. The number of nitrogens with zero attached hydrogens (tertiary/aromatic N) is 1. The fourth-order valence-corrected chi connectivity index (χ4v) is 3.45. The van der Waals surface area contributed by atoms with Gasteiger partial charge in [0.2, 0.25) is 5.91 Å². The van der Waals surface area contributed by atoms with Crippen LogP contribution in [-0.4, -0.2) is 29.0 Å². The summed E-state index contributed by atoms with van der Waals surface area (Å²) in [6.45, 7) is 1.38. The molecule has 0 aliphatic carbocycles. The smallest absolute Gasteiger partial charge is 0.222 e. The van der Waals surface area contributed by atoms with Gasteiger partial charge in [-0.25, -0.2) is 4.39 Å². The first kappa shape index (κ1) is 17.6. The molecular formula is C21H24FNO2. The minimum atomic E-state index is -0.460. The first-order valence-electron chi connectivity index (χ1n) is 8.89. The number of aliphatic hydroxyl groups is 1. The number of aryl methyl sites for hydroxylation is 1. The van der Waals surface area contributed by atoms with Crippen LogP contribution in [0.1, 0.15) is 36.5 Å². The quantitative estimate of drug-likeness (QED) is 0.900. The number of benzene rings is 2. The molecule has 0 spiro atoms. The summed E-state index contributed by atoms with van der Waals surface area (Å²) >= 11 is 0. The normalized spacial score (nSPS) is 16.6. The zero-order valence-electron chi connectivity index (χ0n) is 14.3. The second-order valence-corrected chi connectivity index (χ2v) is 6.70. The van der Waals surface area contributed by atoms with E-state index in [9.17, 15) is 14.3 Å². The molecule has 1 aliphatic heterocycles. The third-order valence-corrected chi connectivity index (χ3v) is 5.02. The van der Waals surface area contributed by atoms with Crippen LogP contribution in [-0.2, 0) is 11.2 Å². The summed E-state index contributed by atoms with van der Waals surface area (Å²) in [7, 11) is 0. The number of hydrogen-bond donors (Lipinski definition) is 1. The van der Waals surface area contributed by atoms with E-state index in [1.165, 1.54) is 12.1 Å². The molecule has 0 radical (unpaired) electrons. The van der Waals surface area contributed by atoms with Crippen LogP contribution in [0.3, 0.4) is 0 Å². The third kappa shape index (κ3) is 4.67. The summed E-state index contributed by atoms with van der Waals surface area (Å²) in [5.74, 6) is 0.0784. The molecule has 3 nitrogen and oxygen atoms in total. The largest absolute Gasteiger partial charge is 0.388 e. The first-order chi connectivity index (χ1) is 12.1. The van der Waals surface area contributed by atoms with E-state index in [0.717, 1.165) is 24.0 Å². The Hall–Kier alpha value is -2.20. The van der Waals surface area contributed by atoms with E-state index < -0.39 is 6.10 Å².